The van der Waals surface area contributed by atoms with Crippen LogP contribution in [0.5, 0.6) is 0 Å². The highest BCUT2D eigenvalue weighted by molar-refractivity contribution is 5.79. The van der Waals surface area contributed by atoms with Crippen LogP contribution in [0.4, 0.5) is 0 Å². The average molecular weight is 269 g/mol. The van der Waals surface area contributed by atoms with E-state index in [1.165, 1.54) is 10.9 Å². The smallest absolute Gasteiger partial charge is 0.0704 e. The quantitative estimate of drug-likeness (QED) is 0.658. The van der Waals surface area contributed by atoms with Gasteiger partial charge >= 0.3 is 0 Å². The third-order valence-corrected chi connectivity index (χ3v) is 5.18. The summed E-state index contributed by atoms with van der Waals surface area (Å²) in [5, 5.41) is 1.21. The van der Waals surface area contributed by atoms with Gasteiger partial charge in [-0.25, -0.2) is 0 Å². The van der Waals surface area contributed by atoms with Crippen molar-refractivity contribution in [1.82, 2.24) is 4.98 Å². The Morgan fingerprint density at radius 1 is 0.800 bits per heavy atom. The van der Waals surface area contributed by atoms with Gasteiger partial charge in [-0.1, -0.05) is 66.7 Å². The zero-order valence-corrected chi connectivity index (χ0v) is 13.9. The second-order valence-corrected chi connectivity index (χ2v) is 8.04. The molecular weight excluding hydrogens is 242 g/mol. The third-order valence-electron chi connectivity index (χ3n) is 5.18. The van der Waals surface area contributed by atoms with Crippen LogP contribution >= 0.6 is 0 Å². The second-order valence-electron chi connectivity index (χ2n) is 8.04. The molecule has 0 aliphatic rings. The van der Waals surface area contributed by atoms with Crippen molar-refractivity contribution in [2.75, 3.05) is 0 Å². The monoisotopic (exact) mass is 269 g/mol. The van der Waals surface area contributed by atoms with E-state index in [0.717, 1.165) is 5.52 Å². The first kappa shape index (κ1) is 15.0. The maximum absolute atomic E-state index is 4.52. The molecule has 2 aromatic rings. The normalized spacial score (nSPS) is 13.8. The number of hydrogen-bond acceptors (Lipinski definition) is 1. The molecule has 1 heteroatoms. The summed E-state index contributed by atoms with van der Waals surface area (Å²) in [6.45, 7) is 16.4. The molecule has 0 N–H and O–H groups in total. The molecule has 0 amide bonds. The highest BCUT2D eigenvalue weighted by Gasteiger charge is 2.47. The largest absolute Gasteiger partial charge is 0.256 e. The van der Waals surface area contributed by atoms with Gasteiger partial charge in [-0.05, 0) is 28.5 Å². The van der Waals surface area contributed by atoms with Crippen LogP contribution in [0.15, 0.2) is 36.5 Å². The summed E-state index contributed by atoms with van der Waals surface area (Å²) in [6.07, 6.45) is 1.87. The fourth-order valence-electron chi connectivity index (χ4n) is 3.37. The Balaban J connectivity index is 2.70. The van der Waals surface area contributed by atoms with Crippen LogP contribution in [0.3, 0.4) is 0 Å². The van der Waals surface area contributed by atoms with E-state index < -0.39 is 0 Å². The number of pyridine rings is 1. The number of nitrogens with zero attached hydrogens (tertiary/aromatic N) is 1. The predicted molar refractivity (Wildman–Crippen MR) is 88.0 cm³/mol. The number of rotatable bonds is 1. The van der Waals surface area contributed by atoms with Crippen LogP contribution in [0.25, 0.3) is 10.9 Å². The Morgan fingerprint density at radius 3 is 1.95 bits per heavy atom. The Kier molecular flexibility index (Phi) is 3.44. The minimum Gasteiger partial charge on any atom is -0.256 e. The van der Waals surface area contributed by atoms with E-state index in [4.69, 9.17) is 0 Å². The van der Waals surface area contributed by atoms with Crippen LogP contribution in [0.2, 0.25) is 0 Å². The fraction of sp³-hybridized carbons (Fsp3) is 0.526. The highest BCUT2D eigenvalue weighted by Crippen LogP contribution is 2.53. The van der Waals surface area contributed by atoms with Gasteiger partial charge < -0.3 is 0 Å². The maximum Gasteiger partial charge on any atom is 0.0704 e. The molecule has 0 saturated carbocycles. The van der Waals surface area contributed by atoms with Crippen LogP contribution in [0, 0.1) is 10.8 Å². The van der Waals surface area contributed by atoms with E-state index in [1.54, 1.807) is 0 Å². The molecule has 2 rings (SSSR count). The van der Waals surface area contributed by atoms with Crippen molar-refractivity contribution in [3.63, 3.8) is 0 Å². The number of aromatic nitrogens is 1. The first-order valence-electron chi connectivity index (χ1n) is 7.43. The number of hydrogen-bond donors (Lipinski definition) is 0. The molecule has 0 unspecified atom stereocenters. The van der Waals surface area contributed by atoms with Gasteiger partial charge in [0.1, 0.15) is 0 Å². The topological polar surface area (TPSA) is 12.9 Å². The standard InChI is InChI=1S/C19H27N/c1-17(2,3)19(7,18(4,5)6)15-11-10-14-9-8-12-20-16(14)13-15/h8-13H,1-7H3. The molecule has 1 aromatic heterocycles. The van der Waals surface area contributed by atoms with E-state index in [9.17, 15) is 0 Å². The zero-order valence-electron chi connectivity index (χ0n) is 13.9. The lowest BCUT2D eigenvalue weighted by molar-refractivity contribution is 0.0695. The van der Waals surface area contributed by atoms with Crippen LogP contribution in [0.1, 0.15) is 54.0 Å². The molecule has 1 heterocycles. The molecule has 0 bridgehead atoms. The van der Waals surface area contributed by atoms with Crippen LogP contribution < -0.4 is 0 Å². The van der Waals surface area contributed by atoms with E-state index in [2.05, 4.69) is 77.7 Å². The highest BCUT2D eigenvalue weighted by atomic mass is 14.6. The minimum absolute atomic E-state index is 0.0751. The van der Waals surface area contributed by atoms with Crippen molar-refractivity contribution in [2.45, 2.75) is 53.9 Å². The molecule has 1 nitrogen and oxygen atoms in total. The van der Waals surface area contributed by atoms with Crippen LogP contribution in [-0.2, 0) is 5.41 Å². The fourth-order valence-corrected chi connectivity index (χ4v) is 3.37. The van der Waals surface area contributed by atoms with Gasteiger partial charge in [0, 0.05) is 17.0 Å². The summed E-state index contributed by atoms with van der Waals surface area (Å²) >= 11 is 0. The summed E-state index contributed by atoms with van der Waals surface area (Å²) in [5.74, 6) is 0. The van der Waals surface area contributed by atoms with Gasteiger partial charge in [0.2, 0.25) is 0 Å². The molecule has 0 atom stereocenters. The SMILES string of the molecule is CC(C)(C)C(C)(c1ccc2cccnc2c1)C(C)(C)C. The van der Waals surface area contributed by atoms with Crippen molar-refractivity contribution < 1.29 is 0 Å². The van der Waals surface area contributed by atoms with E-state index >= 15 is 0 Å². The second kappa shape index (κ2) is 4.58. The van der Waals surface area contributed by atoms with E-state index in [0.29, 0.717) is 0 Å². The molecule has 0 aliphatic heterocycles. The molecule has 0 aliphatic carbocycles. The van der Waals surface area contributed by atoms with Gasteiger partial charge in [-0.15, -0.1) is 0 Å². The summed E-state index contributed by atoms with van der Waals surface area (Å²) in [4.78, 5) is 4.52. The summed E-state index contributed by atoms with van der Waals surface area (Å²) in [5.41, 5.74) is 2.89. The third kappa shape index (κ3) is 2.24. The molecule has 1 aromatic carbocycles. The predicted octanol–water partition coefficient (Wildman–Crippen LogP) is 5.58. The minimum atomic E-state index is 0.0751. The number of benzene rings is 1. The van der Waals surface area contributed by atoms with Gasteiger partial charge in [0.15, 0.2) is 0 Å². The van der Waals surface area contributed by atoms with Crippen molar-refractivity contribution in [3.8, 4) is 0 Å². The van der Waals surface area contributed by atoms with E-state index in [1.807, 2.05) is 12.3 Å². The first-order valence-corrected chi connectivity index (χ1v) is 7.43. The summed E-state index contributed by atoms with van der Waals surface area (Å²) in [7, 11) is 0. The molecule has 0 saturated heterocycles. The molecule has 0 fully saturated rings. The van der Waals surface area contributed by atoms with Gasteiger partial charge in [-0.3, -0.25) is 4.98 Å². The summed E-state index contributed by atoms with van der Waals surface area (Å²) in [6, 6.07) is 10.9. The molecule has 0 radical (unpaired) electrons. The number of fused-ring (bicyclic) bond motifs is 1. The Morgan fingerprint density at radius 2 is 1.40 bits per heavy atom. The lowest BCUT2D eigenvalue weighted by Gasteiger charge is -2.52. The molecule has 108 valence electrons. The maximum atomic E-state index is 4.52. The first-order chi connectivity index (χ1) is 9.07. The zero-order chi connectivity index (χ0) is 15.2. The Labute approximate surface area is 123 Å². The van der Waals surface area contributed by atoms with Gasteiger partial charge in [0.05, 0.1) is 5.52 Å². The lowest BCUT2D eigenvalue weighted by atomic mass is 9.52. The van der Waals surface area contributed by atoms with Crippen molar-refractivity contribution in [3.05, 3.63) is 42.1 Å². The molecule has 0 spiro atoms. The van der Waals surface area contributed by atoms with Crippen LogP contribution in [-0.4, -0.2) is 4.98 Å². The average Bonchev–Trinajstić information content (AvgIpc) is 2.34. The van der Waals surface area contributed by atoms with Crippen molar-refractivity contribution >= 4 is 10.9 Å². The van der Waals surface area contributed by atoms with Crippen molar-refractivity contribution in [2.24, 2.45) is 10.8 Å². The lowest BCUT2D eigenvalue weighted by Crippen LogP contribution is -2.47. The molecule has 20 heavy (non-hydrogen) atoms. The molecular formula is C19H27N. The summed E-state index contributed by atoms with van der Waals surface area (Å²) < 4.78 is 0. The van der Waals surface area contributed by atoms with Crippen molar-refractivity contribution in [1.29, 1.82) is 0 Å². The Bertz CT molecular complexity index is 597. The van der Waals surface area contributed by atoms with E-state index in [-0.39, 0.29) is 16.2 Å². The van der Waals surface area contributed by atoms with Gasteiger partial charge in [0.25, 0.3) is 0 Å². The van der Waals surface area contributed by atoms with Gasteiger partial charge in [-0.2, -0.15) is 0 Å². The Hall–Kier alpha value is -1.37.